The second-order valence-corrected chi connectivity index (χ2v) is 7.39. The van der Waals surface area contributed by atoms with Gasteiger partial charge in [0.2, 0.25) is 0 Å². The first-order valence-corrected chi connectivity index (χ1v) is 9.22. The summed E-state index contributed by atoms with van der Waals surface area (Å²) < 4.78 is 5.39. The van der Waals surface area contributed by atoms with E-state index in [0.29, 0.717) is 18.2 Å². The third-order valence-electron chi connectivity index (χ3n) is 4.99. The Bertz CT molecular complexity index is 837. The molecule has 1 atom stereocenters. The average molecular weight is 369 g/mol. The molecule has 0 saturated carbocycles. The summed E-state index contributed by atoms with van der Waals surface area (Å²) in [5, 5.41) is 3.27. The first-order chi connectivity index (χ1) is 12.8. The van der Waals surface area contributed by atoms with Crippen LogP contribution in [0.1, 0.15) is 49.8 Å². The predicted octanol–water partition coefficient (Wildman–Crippen LogP) is 3.32. The number of anilines is 2. The van der Waals surface area contributed by atoms with E-state index in [2.05, 4.69) is 20.3 Å². The van der Waals surface area contributed by atoms with Crippen molar-refractivity contribution in [1.29, 1.82) is 0 Å². The highest BCUT2D eigenvalue weighted by Crippen LogP contribution is 2.34. The molecule has 144 valence electrons. The molecule has 3 rings (SSSR count). The van der Waals surface area contributed by atoms with Gasteiger partial charge in [0.1, 0.15) is 23.1 Å². The average Bonchev–Trinajstić information content (AvgIpc) is 3.12. The van der Waals surface area contributed by atoms with Gasteiger partial charge in [-0.1, -0.05) is 6.07 Å². The lowest BCUT2D eigenvalue weighted by Crippen LogP contribution is -2.46. The summed E-state index contributed by atoms with van der Waals surface area (Å²) >= 11 is 0. The summed E-state index contributed by atoms with van der Waals surface area (Å²) in [6, 6.07) is 5.74. The Kier molecular flexibility index (Phi) is 5.41. The molecule has 2 aromatic rings. The molecule has 27 heavy (non-hydrogen) atoms. The van der Waals surface area contributed by atoms with Gasteiger partial charge in [0, 0.05) is 25.9 Å². The van der Waals surface area contributed by atoms with Crippen molar-refractivity contribution in [2.75, 3.05) is 19.0 Å². The van der Waals surface area contributed by atoms with Crippen LogP contribution in [0.5, 0.6) is 0 Å². The second kappa shape index (κ2) is 7.60. The molecule has 0 bridgehead atoms. The molecule has 1 aliphatic rings. The number of amides is 1. The lowest BCUT2D eigenvalue weighted by Gasteiger charge is -2.32. The van der Waals surface area contributed by atoms with Crippen LogP contribution in [0.15, 0.2) is 24.4 Å². The molecule has 7 heteroatoms. The van der Waals surface area contributed by atoms with Crippen molar-refractivity contribution in [2.45, 2.75) is 52.2 Å². The molecule has 1 fully saturated rings. The number of carbonyl (C=O) groups is 1. The van der Waals surface area contributed by atoms with Gasteiger partial charge in [0.25, 0.3) is 5.91 Å². The van der Waals surface area contributed by atoms with E-state index in [-0.39, 0.29) is 11.9 Å². The monoisotopic (exact) mass is 369 g/mol. The van der Waals surface area contributed by atoms with Gasteiger partial charge < -0.3 is 15.0 Å². The van der Waals surface area contributed by atoms with E-state index >= 15 is 0 Å². The minimum atomic E-state index is -0.850. The zero-order chi connectivity index (χ0) is 19.6. The van der Waals surface area contributed by atoms with Crippen LogP contribution in [0.4, 0.5) is 11.6 Å². The summed E-state index contributed by atoms with van der Waals surface area (Å²) in [5.41, 5.74) is 1.03. The SMILES string of the molecule is COC(C)(C)C(=O)N1CCCC1c1cc(Nc2ncccc2C)nc(C)n1. The Labute approximate surface area is 160 Å². The molecule has 7 nitrogen and oxygen atoms in total. The minimum Gasteiger partial charge on any atom is -0.369 e. The highest BCUT2D eigenvalue weighted by molar-refractivity contribution is 5.85. The number of methoxy groups -OCH3 is 1. The minimum absolute atomic E-state index is 0.0150. The van der Waals surface area contributed by atoms with Gasteiger partial charge >= 0.3 is 0 Å². The molecule has 0 aliphatic carbocycles. The van der Waals surface area contributed by atoms with Crippen LogP contribution in [-0.2, 0) is 9.53 Å². The topological polar surface area (TPSA) is 80.2 Å². The summed E-state index contributed by atoms with van der Waals surface area (Å²) in [7, 11) is 1.56. The van der Waals surface area contributed by atoms with E-state index in [1.54, 1.807) is 27.2 Å². The highest BCUT2D eigenvalue weighted by Gasteiger charge is 2.39. The number of likely N-dealkylation sites (tertiary alicyclic amines) is 1. The number of ether oxygens (including phenoxy) is 1. The standard InChI is InChI=1S/C20H27N5O2/c1-13-8-6-10-21-18(13)24-17-12-15(22-14(2)23-17)16-9-7-11-25(16)19(26)20(3,4)27-5/h6,8,10,12,16H,7,9,11H2,1-5H3,(H,21,22,23,24). The summed E-state index contributed by atoms with van der Waals surface area (Å²) in [5.74, 6) is 2.10. The van der Waals surface area contributed by atoms with Gasteiger partial charge in [0.15, 0.2) is 0 Å². The smallest absolute Gasteiger partial charge is 0.254 e. The van der Waals surface area contributed by atoms with E-state index < -0.39 is 5.60 Å². The molecular formula is C20H27N5O2. The van der Waals surface area contributed by atoms with Crippen LogP contribution in [-0.4, -0.2) is 45.0 Å². The number of nitrogens with one attached hydrogen (secondary N) is 1. The zero-order valence-corrected chi connectivity index (χ0v) is 16.6. The third-order valence-corrected chi connectivity index (χ3v) is 4.99. The van der Waals surface area contributed by atoms with Gasteiger partial charge in [-0.15, -0.1) is 0 Å². The maximum absolute atomic E-state index is 12.9. The largest absolute Gasteiger partial charge is 0.369 e. The fourth-order valence-electron chi connectivity index (χ4n) is 3.31. The molecule has 1 aliphatic heterocycles. The number of rotatable bonds is 5. The van der Waals surface area contributed by atoms with Crippen molar-refractivity contribution < 1.29 is 9.53 Å². The van der Waals surface area contributed by atoms with Crippen molar-refractivity contribution in [3.63, 3.8) is 0 Å². The molecule has 0 aromatic carbocycles. The number of carbonyl (C=O) groups excluding carboxylic acids is 1. The van der Waals surface area contributed by atoms with Crippen LogP contribution in [0, 0.1) is 13.8 Å². The maximum Gasteiger partial charge on any atom is 0.254 e. The maximum atomic E-state index is 12.9. The Balaban J connectivity index is 1.89. The summed E-state index contributed by atoms with van der Waals surface area (Å²) in [4.78, 5) is 28.3. The quantitative estimate of drug-likeness (QED) is 0.871. The van der Waals surface area contributed by atoms with Crippen LogP contribution < -0.4 is 5.32 Å². The van der Waals surface area contributed by atoms with Crippen molar-refractivity contribution in [2.24, 2.45) is 0 Å². The van der Waals surface area contributed by atoms with Gasteiger partial charge in [0.05, 0.1) is 11.7 Å². The van der Waals surface area contributed by atoms with E-state index in [4.69, 9.17) is 4.74 Å². The number of hydrogen-bond acceptors (Lipinski definition) is 6. The second-order valence-electron chi connectivity index (χ2n) is 7.39. The Morgan fingerprint density at radius 2 is 2.11 bits per heavy atom. The normalized spacial score (nSPS) is 17.2. The summed E-state index contributed by atoms with van der Waals surface area (Å²) in [6.45, 7) is 8.16. The molecule has 1 unspecified atom stereocenters. The predicted molar refractivity (Wildman–Crippen MR) is 104 cm³/mol. The Morgan fingerprint density at radius 1 is 1.33 bits per heavy atom. The van der Waals surface area contributed by atoms with Crippen LogP contribution >= 0.6 is 0 Å². The van der Waals surface area contributed by atoms with E-state index in [9.17, 15) is 4.79 Å². The molecule has 0 radical (unpaired) electrons. The molecular weight excluding hydrogens is 342 g/mol. The summed E-state index contributed by atoms with van der Waals surface area (Å²) in [6.07, 6.45) is 3.57. The van der Waals surface area contributed by atoms with Gasteiger partial charge in [-0.3, -0.25) is 4.79 Å². The number of pyridine rings is 1. The van der Waals surface area contributed by atoms with Crippen molar-refractivity contribution in [3.8, 4) is 0 Å². The molecule has 0 spiro atoms. The number of hydrogen-bond donors (Lipinski definition) is 1. The fourth-order valence-corrected chi connectivity index (χ4v) is 3.31. The number of aromatic nitrogens is 3. The molecule has 2 aromatic heterocycles. The number of nitrogens with zero attached hydrogens (tertiary/aromatic N) is 4. The van der Waals surface area contributed by atoms with Gasteiger partial charge in [-0.25, -0.2) is 15.0 Å². The Morgan fingerprint density at radius 3 is 2.81 bits per heavy atom. The first-order valence-electron chi connectivity index (χ1n) is 9.22. The van der Waals surface area contributed by atoms with E-state index in [1.807, 2.05) is 36.9 Å². The van der Waals surface area contributed by atoms with E-state index in [1.165, 1.54) is 0 Å². The first kappa shape index (κ1) is 19.2. The molecule has 1 amide bonds. The van der Waals surface area contributed by atoms with Crippen LogP contribution in [0.2, 0.25) is 0 Å². The van der Waals surface area contributed by atoms with Gasteiger partial charge in [-0.2, -0.15) is 0 Å². The third kappa shape index (κ3) is 4.08. The van der Waals surface area contributed by atoms with Crippen molar-refractivity contribution >= 4 is 17.5 Å². The molecule has 3 heterocycles. The zero-order valence-electron chi connectivity index (χ0n) is 16.6. The fraction of sp³-hybridized carbons (Fsp3) is 0.500. The highest BCUT2D eigenvalue weighted by atomic mass is 16.5. The van der Waals surface area contributed by atoms with Gasteiger partial charge in [-0.05, 0) is 52.2 Å². The lowest BCUT2D eigenvalue weighted by molar-refractivity contribution is -0.152. The van der Waals surface area contributed by atoms with Crippen LogP contribution in [0.25, 0.3) is 0 Å². The lowest BCUT2D eigenvalue weighted by atomic mass is 10.1. The Hall–Kier alpha value is -2.54. The number of aryl methyl sites for hydroxylation is 2. The van der Waals surface area contributed by atoms with Crippen molar-refractivity contribution in [1.82, 2.24) is 19.9 Å². The van der Waals surface area contributed by atoms with E-state index in [0.717, 1.165) is 29.9 Å². The van der Waals surface area contributed by atoms with Crippen LogP contribution in [0.3, 0.4) is 0 Å². The molecule has 1 N–H and O–H groups in total. The molecule has 1 saturated heterocycles. The van der Waals surface area contributed by atoms with Crippen molar-refractivity contribution in [3.05, 3.63) is 41.5 Å².